The number of pyridine rings is 1. The number of hydrogen-bond donors (Lipinski definition) is 1. The zero-order chi connectivity index (χ0) is 17.1. The number of aromatic nitrogens is 1. The molecule has 1 fully saturated rings. The molecule has 1 aromatic heterocycles. The molecule has 1 aliphatic rings. The number of anilines is 1. The lowest BCUT2D eigenvalue weighted by atomic mass is 10.1. The molecule has 1 unspecified atom stereocenters. The van der Waals surface area contributed by atoms with Gasteiger partial charge in [0, 0.05) is 49.1 Å². The van der Waals surface area contributed by atoms with E-state index < -0.39 is 0 Å². The molecule has 5 nitrogen and oxygen atoms in total. The van der Waals surface area contributed by atoms with Crippen molar-refractivity contribution in [2.45, 2.75) is 13.0 Å². The summed E-state index contributed by atoms with van der Waals surface area (Å²) >= 11 is 3.38. The zero-order valence-corrected chi connectivity index (χ0v) is 15.2. The molecular weight excluding hydrogens is 368 g/mol. The van der Waals surface area contributed by atoms with Crippen molar-refractivity contribution in [1.82, 2.24) is 14.8 Å². The second kappa shape index (κ2) is 7.32. The van der Waals surface area contributed by atoms with E-state index in [1.807, 2.05) is 29.3 Å². The number of hydrogen-bond acceptors (Lipinski definition) is 4. The first-order chi connectivity index (χ1) is 11.6. The topological polar surface area (TPSA) is 62.5 Å². The van der Waals surface area contributed by atoms with Crippen LogP contribution in [0.15, 0.2) is 47.2 Å². The molecule has 2 N–H and O–H groups in total. The number of halogens is 1. The Morgan fingerprint density at radius 3 is 2.62 bits per heavy atom. The minimum Gasteiger partial charge on any atom is -0.397 e. The van der Waals surface area contributed by atoms with Gasteiger partial charge in [0.1, 0.15) is 0 Å². The zero-order valence-electron chi connectivity index (χ0n) is 13.7. The first kappa shape index (κ1) is 16.9. The number of nitrogens with zero attached hydrogens (tertiary/aromatic N) is 3. The standard InChI is InChI=1S/C18H21BrN4O/c1-13(14-4-3-7-21-12-14)22-8-10-23(11-9-22)18(24)15-5-2-6-16(19)17(15)20/h2-7,12-13H,8-11,20H2,1H3. The van der Waals surface area contributed by atoms with Gasteiger partial charge in [-0.05, 0) is 46.6 Å². The van der Waals surface area contributed by atoms with Crippen molar-refractivity contribution in [3.8, 4) is 0 Å². The van der Waals surface area contributed by atoms with E-state index in [1.165, 1.54) is 5.56 Å². The maximum absolute atomic E-state index is 12.7. The van der Waals surface area contributed by atoms with Crippen LogP contribution in [-0.2, 0) is 0 Å². The highest BCUT2D eigenvalue weighted by atomic mass is 79.9. The highest BCUT2D eigenvalue weighted by Gasteiger charge is 2.26. The largest absolute Gasteiger partial charge is 0.397 e. The maximum Gasteiger partial charge on any atom is 0.256 e. The third-order valence-electron chi connectivity index (χ3n) is 4.60. The monoisotopic (exact) mass is 388 g/mol. The Balaban J connectivity index is 1.65. The molecule has 2 heterocycles. The number of benzene rings is 1. The molecular formula is C18H21BrN4O. The highest BCUT2D eigenvalue weighted by molar-refractivity contribution is 9.10. The van der Waals surface area contributed by atoms with E-state index in [0.29, 0.717) is 30.4 Å². The van der Waals surface area contributed by atoms with Crippen molar-refractivity contribution in [1.29, 1.82) is 0 Å². The minimum absolute atomic E-state index is 0.00230. The molecule has 126 valence electrons. The van der Waals surface area contributed by atoms with Crippen molar-refractivity contribution in [3.63, 3.8) is 0 Å². The van der Waals surface area contributed by atoms with Crippen molar-refractivity contribution >= 4 is 27.5 Å². The lowest BCUT2D eigenvalue weighted by Crippen LogP contribution is -2.49. The van der Waals surface area contributed by atoms with Gasteiger partial charge in [0.05, 0.1) is 11.3 Å². The molecule has 24 heavy (non-hydrogen) atoms. The molecule has 1 atom stereocenters. The van der Waals surface area contributed by atoms with Gasteiger partial charge in [-0.1, -0.05) is 12.1 Å². The number of nitrogens with two attached hydrogens (primary N) is 1. The van der Waals surface area contributed by atoms with E-state index in [0.717, 1.165) is 17.6 Å². The summed E-state index contributed by atoms with van der Waals surface area (Å²) in [7, 11) is 0. The van der Waals surface area contributed by atoms with Crippen LogP contribution in [0.25, 0.3) is 0 Å². The van der Waals surface area contributed by atoms with Crippen LogP contribution < -0.4 is 5.73 Å². The van der Waals surface area contributed by atoms with Gasteiger partial charge >= 0.3 is 0 Å². The van der Waals surface area contributed by atoms with Gasteiger partial charge in [-0.15, -0.1) is 0 Å². The highest BCUT2D eigenvalue weighted by Crippen LogP contribution is 2.25. The SMILES string of the molecule is CC(c1cccnc1)N1CCN(C(=O)c2cccc(Br)c2N)CC1. The van der Waals surface area contributed by atoms with Crippen LogP contribution >= 0.6 is 15.9 Å². The first-order valence-electron chi connectivity index (χ1n) is 8.05. The van der Waals surface area contributed by atoms with Gasteiger partial charge in [-0.2, -0.15) is 0 Å². The summed E-state index contributed by atoms with van der Waals surface area (Å²) in [5, 5.41) is 0. The Hall–Kier alpha value is -1.92. The molecule has 1 saturated heterocycles. The molecule has 3 rings (SSSR count). The molecule has 0 saturated carbocycles. The average Bonchev–Trinajstić information content (AvgIpc) is 2.64. The molecule has 2 aromatic rings. The Labute approximate surface area is 150 Å². The Bertz CT molecular complexity index is 714. The number of carbonyl (C=O) groups excluding carboxylic acids is 1. The molecule has 1 aromatic carbocycles. The van der Waals surface area contributed by atoms with Crippen LogP contribution in [0.4, 0.5) is 5.69 Å². The van der Waals surface area contributed by atoms with Crippen molar-refractivity contribution in [3.05, 3.63) is 58.3 Å². The third kappa shape index (κ3) is 3.44. The molecule has 6 heteroatoms. The smallest absolute Gasteiger partial charge is 0.256 e. The average molecular weight is 389 g/mol. The lowest BCUT2D eigenvalue weighted by Gasteiger charge is -2.38. The Kier molecular flexibility index (Phi) is 5.16. The first-order valence-corrected chi connectivity index (χ1v) is 8.84. The maximum atomic E-state index is 12.7. The van der Waals surface area contributed by atoms with Gasteiger partial charge in [0.15, 0.2) is 0 Å². The molecule has 0 radical (unpaired) electrons. The third-order valence-corrected chi connectivity index (χ3v) is 5.29. The van der Waals surface area contributed by atoms with Crippen LogP contribution in [0.1, 0.15) is 28.9 Å². The number of amides is 1. The van der Waals surface area contributed by atoms with E-state index in [1.54, 1.807) is 12.3 Å². The molecule has 0 bridgehead atoms. The number of carbonyl (C=O) groups is 1. The number of rotatable bonds is 3. The molecule has 1 aliphatic heterocycles. The Morgan fingerprint density at radius 1 is 1.21 bits per heavy atom. The van der Waals surface area contributed by atoms with Crippen LogP contribution in [0.3, 0.4) is 0 Å². The van der Waals surface area contributed by atoms with Crippen LogP contribution in [0, 0.1) is 0 Å². The second-order valence-electron chi connectivity index (χ2n) is 5.99. The summed E-state index contributed by atoms with van der Waals surface area (Å²) in [5.74, 6) is 0.00230. The van der Waals surface area contributed by atoms with Gasteiger partial charge in [-0.3, -0.25) is 14.7 Å². The summed E-state index contributed by atoms with van der Waals surface area (Å²) < 4.78 is 0.761. The van der Waals surface area contributed by atoms with Gasteiger partial charge in [-0.25, -0.2) is 0 Å². The predicted molar refractivity (Wildman–Crippen MR) is 98.7 cm³/mol. The molecule has 0 aliphatic carbocycles. The summed E-state index contributed by atoms with van der Waals surface area (Å²) in [6, 6.07) is 9.83. The van der Waals surface area contributed by atoms with Crippen LogP contribution in [-0.4, -0.2) is 46.9 Å². The molecule has 1 amide bonds. The van der Waals surface area contributed by atoms with Crippen molar-refractivity contribution in [2.24, 2.45) is 0 Å². The second-order valence-corrected chi connectivity index (χ2v) is 6.85. The van der Waals surface area contributed by atoms with Gasteiger partial charge < -0.3 is 10.6 Å². The predicted octanol–water partition coefficient (Wildman–Crippen LogP) is 2.95. The Morgan fingerprint density at radius 2 is 1.96 bits per heavy atom. The van der Waals surface area contributed by atoms with Crippen LogP contribution in [0.5, 0.6) is 0 Å². The lowest BCUT2D eigenvalue weighted by molar-refractivity contribution is 0.0583. The fraction of sp³-hybridized carbons (Fsp3) is 0.333. The van der Waals surface area contributed by atoms with Crippen molar-refractivity contribution < 1.29 is 4.79 Å². The number of piperazine rings is 1. The fourth-order valence-electron chi connectivity index (χ4n) is 3.04. The van der Waals surface area contributed by atoms with E-state index in [9.17, 15) is 4.79 Å². The van der Waals surface area contributed by atoms with E-state index in [2.05, 4.69) is 38.8 Å². The van der Waals surface area contributed by atoms with Crippen LogP contribution in [0.2, 0.25) is 0 Å². The quantitative estimate of drug-likeness (QED) is 0.820. The van der Waals surface area contributed by atoms with E-state index >= 15 is 0 Å². The number of nitrogen functional groups attached to an aromatic ring is 1. The fourth-order valence-corrected chi connectivity index (χ4v) is 3.41. The minimum atomic E-state index is 0.00230. The van der Waals surface area contributed by atoms with Gasteiger partial charge in [0.2, 0.25) is 0 Å². The molecule has 0 spiro atoms. The van der Waals surface area contributed by atoms with E-state index in [4.69, 9.17) is 5.73 Å². The summed E-state index contributed by atoms with van der Waals surface area (Å²) in [4.78, 5) is 21.2. The summed E-state index contributed by atoms with van der Waals surface area (Å²) in [5.41, 5.74) is 8.31. The number of para-hydroxylation sites is 1. The summed E-state index contributed by atoms with van der Waals surface area (Å²) in [6.45, 7) is 5.27. The van der Waals surface area contributed by atoms with Crippen molar-refractivity contribution in [2.75, 3.05) is 31.9 Å². The van der Waals surface area contributed by atoms with Gasteiger partial charge in [0.25, 0.3) is 5.91 Å². The normalized spacial score (nSPS) is 16.8. The van der Waals surface area contributed by atoms with E-state index in [-0.39, 0.29) is 5.91 Å². The summed E-state index contributed by atoms with van der Waals surface area (Å²) in [6.07, 6.45) is 3.69.